The van der Waals surface area contributed by atoms with Crippen LogP contribution in [0.4, 0.5) is 0 Å². The summed E-state index contributed by atoms with van der Waals surface area (Å²) in [5, 5.41) is 10.6. The number of nitriles is 1. The number of hydrogen-bond donors (Lipinski definition) is 0. The van der Waals surface area contributed by atoms with Gasteiger partial charge in [0.05, 0.1) is 11.8 Å². The lowest BCUT2D eigenvalue weighted by atomic mass is 9.79. The van der Waals surface area contributed by atoms with E-state index >= 15 is 0 Å². The monoisotopic (exact) mass is 464 g/mol. The Morgan fingerprint density at radius 1 is 0.886 bits per heavy atom. The van der Waals surface area contributed by atoms with Gasteiger partial charge in [-0.15, -0.1) is 0 Å². The molecular formula is C33H40N2. The molecule has 1 unspecified atom stereocenters. The smallest absolute Gasteiger partial charge is 0.104 e. The molecule has 182 valence electrons. The Bertz CT molecular complexity index is 1150. The topological polar surface area (TPSA) is 36.7 Å². The van der Waals surface area contributed by atoms with Gasteiger partial charge in [0.1, 0.15) is 5.41 Å². The highest BCUT2D eigenvalue weighted by atomic mass is 14.8. The molecule has 2 heteroatoms. The summed E-state index contributed by atoms with van der Waals surface area (Å²) in [7, 11) is 0. The second-order valence-electron chi connectivity index (χ2n) is 10.4. The molecule has 0 saturated heterocycles. The highest BCUT2D eigenvalue weighted by Gasteiger charge is 2.43. The predicted octanol–water partition coefficient (Wildman–Crippen LogP) is 8.47. The molecule has 2 aromatic carbocycles. The first-order valence-corrected chi connectivity index (χ1v) is 13.7. The van der Waals surface area contributed by atoms with Crippen molar-refractivity contribution in [2.45, 2.75) is 96.8 Å². The number of benzene rings is 2. The molecule has 4 rings (SSSR count). The predicted molar refractivity (Wildman–Crippen MR) is 147 cm³/mol. The average Bonchev–Trinajstić information content (AvgIpc) is 3.23. The van der Waals surface area contributed by atoms with Crippen LogP contribution in [0, 0.1) is 18.3 Å². The maximum Gasteiger partial charge on any atom is 0.104 e. The molecule has 0 aliphatic heterocycles. The van der Waals surface area contributed by atoms with Gasteiger partial charge in [-0.3, -0.25) is 4.98 Å². The fourth-order valence-electron chi connectivity index (χ4n) is 5.71. The van der Waals surface area contributed by atoms with Gasteiger partial charge >= 0.3 is 0 Å². The van der Waals surface area contributed by atoms with Crippen LogP contribution in [0.2, 0.25) is 0 Å². The number of aromatic nitrogens is 1. The zero-order valence-electron chi connectivity index (χ0n) is 21.9. The first kappa shape index (κ1) is 25.2. The van der Waals surface area contributed by atoms with Crippen LogP contribution in [0.1, 0.15) is 92.4 Å². The van der Waals surface area contributed by atoms with Gasteiger partial charge in [0.2, 0.25) is 0 Å². The van der Waals surface area contributed by atoms with Crippen molar-refractivity contribution in [3.8, 4) is 17.2 Å². The highest BCUT2D eigenvalue weighted by Crippen LogP contribution is 2.46. The van der Waals surface area contributed by atoms with Crippen molar-refractivity contribution in [1.29, 1.82) is 5.26 Å². The van der Waals surface area contributed by atoms with Gasteiger partial charge in [-0.2, -0.15) is 5.26 Å². The van der Waals surface area contributed by atoms with E-state index in [4.69, 9.17) is 4.98 Å². The summed E-state index contributed by atoms with van der Waals surface area (Å²) in [6.45, 7) is 6.69. The molecule has 0 saturated carbocycles. The molecule has 0 fully saturated rings. The lowest BCUT2D eigenvalue weighted by Gasteiger charge is -2.25. The largest absolute Gasteiger partial charge is 0.256 e. The quantitative estimate of drug-likeness (QED) is 0.267. The van der Waals surface area contributed by atoms with Crippen LogP contribution in [0.5, 0.6) is 0 Å². The lowest BCUT2D eigenvalue weighted by Crippen LogP contribution is -2.26. The van der Waals surface area contributed by atoms with Crippen molar-refractivity contribution < 1.29 is 0 Å². The second-order valence-corrected chi connectivity index (χ2v) is 10.4. The van der Waals surface area contributed by atoms with Crippen molar-refractivity contribution in [1.82, 2.24) is 4.98 Å². The number of aryl methyl sites for hydroxylation is 2. The normalized spacial score (nSPS) is 16.7. The number of fused-ring (bicyclic) bond motifs is 1. The van der Waals surface area contributed by atoms with Crippen LogP contribution < -0.4 is 0 Å². The first-order chi connectivity index (χ1) is 17.1. The summed E-state index contributed by atoms with van der Waals surface area (Å²) in [6, 6.07) is 22.3. The third-order valence-corrected chi connectivity index (χ3v) is 7.69. The van der Waals surface area contributed by atoms with Crippen molar-refractivity contribution in [2.24, 2.45) is 0 Å². The fraction of sp³-hybridized carbons (Fsp3) is 0.455. The maximum atomic E-state index is 10.6. The van der Waals surface area contributed by atoms with E-state index in [0.717, 1.165) is 44.2 Å². The molecular weight excluding hydrogens is 424 g/mol. The third kappa shape index (κ3) is 5.51. The van der Waals surface area contributed by atoms with E-state index in [1.807, 2.05) is 6.07 Å². The van der Waals surface area contributed by atoms with Crippen molar-refractivity contribution in [2.75, 3.05) is 0 Å². The van der Waals surface area contributed by atoms with E-state index < -0.39 is 5.41 Å². The molecule has 1 heterocycles. The van der Waals surface area contributed by atoms with E-state index in [1.54, 1.807) is 0 Å². The lowest BCUT2D eigenvalue weighted by molar-refractivity contribution is 0.526. The molecule has 2 nitrogen and oxygen atoms in total. The van der Waals surface area contributed by atoms with Gasteiger partial charge < -0.3 is 0 Å². The minimum absolute atomic E-state index is 0.544. The minimum Gasteiger partial charge on any atom is -0.256 e. The van der Waals surface area contributed by atoms with E-state index in [1.165, 1.54) is 71.2 Å². The molecule has 1 atom stereocenters. The molecule has 0 amide bonds. The van der Waals surface area contributed by atoms with Crippen molar-refractivity contribution in [3.05, 3.63) is 88.2 Å². The van der Waals surface area contributed by atoms with Crippen LogP contribution >= 0.6 is 0 Å². The molecule has 1 aliphatic rings. The first-order valence-electron chi connectivity index (χ1n) is 13.7. The van der Waals surface area contributed by atoms with Gasteiger partial charge in [0.25, 0.3) is 0 Å². The summed E-state index contributed by atoms with van der Waals surface area (Å²) >= 11 is 0. The van der Waals surface area contributed by atoms with Crippen LogP contribution in [0.15, 0.2) is 54.6 Å². The Hall–Kier alpha value is -2.92. The van der Waals surface area contributed by atoms with Crippen LogP contribution in [0.25, 0.3) is 11.1 Å². The molecule has 0 bridgehead atoms. The Morgan fingerprint density at radius 3 is 2.23 bits per heavy atom. The summed E-state index contributed by atoms with van der Waals surface area (Å²) in [5.41, 5.74) is 9.74. The molecule has 0 radical (unpaired) electrons. The molecule has 3 aromatic rings. The maximum absolute atomic E-state index is 10.6. The molecule has 1 aromatic heterocycles. The Morgan fingerprint density at radius 2 is 1.57 bits per heavy atom. The molecule has 1 aliphatic carbocycles. The van der Waals surface area contributed by atoms with Gasteiger partial charge in [-0.25, -0.2) is 0 Å². The van der Waals surface area contributed by atoms with Gasteiger partial charge in [0.15, 0.2) is 0 Å². The number of rotatable bonds is 11. The van der Waals surface area contributed by atoms with Crippen molar-refractivity contribution in [3.63, 3.8) is 0 Å². The van der Waals surface area contributed by atoms with E-state index in [2.05, 4.69) is 75.4 Å². The van der Waals surface area contributed by atoms with Crippen LogP contribution in [0.3, 0.4) is 0 Å². The van der Waals surface area contributed by atoms with E-state index in [9.17, 15) is 5.26 Å². The van der Waals surface area contributed by atoms with Gasteiger partial charge in [-0.05, 0) is 79.7 Å². The van der Waals surface area contributed by atoms with Gasteiger partial charge in [0, 0.05) is 5.69 Å². The average molecular weight is 465 g/mol. The Balaban J connectivity index is 1.89. The van der Waals surface area contributed by atoms with Crippen molar-refractivity contribution >= 4 is 0 Å². The number of hydrogen-bond acceptors (Lipinski definition) is 2. The van der Waals surface area contributed by atoms with Gasteiger partial charge in [-0.1, -0.05) is 99.7 Å². The third-order valence-electron chi connectivity index (χ3n) is 7.69. The van der Waals surface area contributed by atoms with E-state index in [0.29, 0.717) is 0 Å². The van der Waals surface area contributed by atoms with Crippen LogP contribution in [-0.2, 0) is 31.1 Å². The number of unbranched alkanes of at least 4 members (excludes halogenated alkanes) is 4. The minimum atomic E-state index is -0.544. The number of pyridine rings is 1. The Kier molecular flexibility index (Phi) is 8.40. The summed E-state index contributed by atoms with van der Waals surface area (Å²) in [4.78, 5) is 5.41. The summed E-state index contributed by atoms with van der Waals surface area (Å²) < 4.78 is 0. The van der Waals surface area contributed by atoms with Crippen LogP contribution in [-0.4, -0.2) is 4.98 Å². The molecule has 0 spiro atoms. The zero-order valence-corrected chi connectivity index (χ0v) is 21.9. The number of nitrogens with zero attached hydrogens (tertiary/aromatic N) is 2. The Labute approximate surface area is 212 Å². The summed E-state index contributed by atoms with van der Waals surface area (Å²) in [6.07, 6.45) is 11.9. The molecule has 0 N–H and O–H groups in total. The van der Waals surface area contributed by atoms with E-state index in [-0.39, 0.29) is 0 Å². The summed E-state index contributed by atoms with van der Waals surface area (Å²) in [5.74, 6) is 0. The fourth-order valence-corrected chi connectivity index (χ4v) is 5.71. The zero-order chi connectivity index (χ0) is 24.7. The molecule has 35 heavy (non-hydrogen) atoms. The second kappa shape index (κ2) is 11.7. The standard InChI is InChI=1S/C33H40N2/c1-4-6-9-15-28-30(16-10-7-5-2)35-32-29(31(28)27-19-17-25(3)18-20-27)21-22-33(32,24-34)23-26-13-11-8-12-14-26/h8,11-14,17-20H,4-7,9-10,15-16,21-23H2,1-3H3. The highest BCUT2D eigenvalue weighted by molar-refractivity contribution is 5.75. The SMILES string of the molecule is CCCCCc1nc2c(c(-c3ccc(C)cc3)c1CCCCC)CCC2(C#N)Cc1ccccc1.